The summed E-state index contributed by atoms with van der Waals surface area (Å²) >= 11 is 0. The summed E-state index contributed by atoms with van der Waals surface area (Å²) < 4.78 is 5.40. The Bertz CT molecular complexity index is 631. The molecule has 0 saturated carbocycles. The molecule has 1 amide bonds. The van der Waals surface area contributed by atoms with Crippen molar-refractivity contribution in [1.82, 2.24) is 5.43 Å². The Hall–Kier alpha value is -2.62. The number of nitrogens with zero attached hydrogens (tertiary/aromatic N) is 1. The van der Waals surface area contributed by atoms with Gasteiger partial charge >= 0.3 is 0 Å². The number of rotatable bonds is 6. The molecule has 2 aromatic rings. The smallest absolute Gasteiger partial charge is 0.277 e. The molecule has 0 saturated heterocycles. The second kappa shape index (κ2) is 7.98. The van der Waals surface area contributed by atoms with Gasteiger partial charge in [-0.2, -0.15) is 5.10 Å². The van der Waals surface area contributed by atoms with Crippen LogP contribution < -0.4 is 10.2 Å². The van der Waals surface area contributed by atoms with Gasteiger partial charge in [-0.1, -0.05) is 48.9 Å². The van der Waals surface area contributed by atoms with E-state index in [1.165, 1.54) is 11.1 Å². The van der Waals surface area contributed by atoms with Gasteiger partial charge in [0.1, 0.15) is 5.75 Å². The summed E-state index contributed by atoms with van der Waals surface area (Å²) in [5, 5.41) is 3.91. The maximum absolute atomic E-state index is 11.6. The SMILES string of the molecule is CCc1ccc(OCC(=O)N/N=C\c2ccc(C)cc2)cc1. The van der Waals surface area contributed by atoms with Crippen LogP contribution in [-0.2, 0) is 11.2 Å². The standard InChI is InChI=1S/C18H20N2O2/c1-3-15-8-10-17(11-9-15)22-13-18(21)20-19-12-16-6-4-14(2)5-7-16/h4-12H,3,13H2,1-2H3,(H,20,21)/b19-12-. The van der Waals surface area contributed by atoms with E-state index in [9.17, 15) is 4.79 Å². The molecule has 2 aromatic carbocycles. The molecule has 1 N–H and O–H groups in total. The predicted octanol–water partition coefficient (Wildman–Crippen LogP) is 3.09. The van der Waals surface area contributed by atoms with Gasteiger partial charge < -0.3 is 4.74 Å². The molecule has 0 aliphatic heterocycles. The molecular formula is C18H20N2O2. The molecule has 4 nitrogen and oxygen atoms in total. The zero-order valence-corrected chi connectivity index (χ0v) is 12.9. The lowest BCUT2D eigenvalue weighted by molar-refractivity contribution is -0.123. The molecule has 0 atom stereocenters. The van der Waals surface area contributed by atoms with Crippen LogP contribution in [0.2, 0.25) is 0 Å². The Labute approximate surface area is 130 Å². The summed E-state index contributed by atoms with van der Waals surface area (Å²) in [6.07, 6.45) is 2.59. The van der Waals surface area contributed by atoms with Crippen molar-refractivity contribution in [3.8, 4) is 5.75 Å². The van der Waals surface area contributed by atoms with Gasteiger partial charge in [-0.3, -0.25) is 4.79 Å². The highest BCUT2D eigenvalue weighted by Gasteiger charge is 2.01. The third-order valence-corrected chi connectivity index (χ3v) is 3.18. The van der Waals surface area contributed by atoms with Crippen molar-refractivity contribution in [3.05, 3.63) is 65.2 Å². The van der Waals surface area contributed by atoms with Crippen molar-refractivity contribution in [1.29, 1.82) is 0 Å². The van der Waals surface area contributed by atoms with Gasteiger partial charge in [-0.25, -0.2) is 5.43 Å². The maximum Gasteiger partial charge on any atom is 0.277 e. The predicted molar refractivity (Wildman–Crippen MR) is 88.2 cm³/mol. The van der Waals surface area contributed by atoms with E-state index >= 15 is 0 Å². The van der Waals surface area contributed by atoms with Gasteiger partial charge in [0.15, 0.2) is 6.61 Å². The zero-order valence-electron chi connectivity index (χ0n) is 12.9. The number of ether oxygens (including phenoxy) is 1. The van der Waals surface area contributed by atoms with Crippen LogP contribution in [0.15, 0.2) is 53.6 Å². The normalized spacial score (nSPS) is 10.6. The molecule has 0 aliphatic carbocycles. The summed E-state index contributed by atoms with van der Waals surface area (Å²) in [4.78, 5) is 11.6. The average Bonchev–Trinajstić information content (AvgIpc) is 2.55. The number of hydrogen-bond donors (Lipinski definition) is 1. The van der Waals surface area contributed by atoms with Crippen molar-refractivity contribution < 1.29 is 9.53 Å². The van der Waals surface area contributed by atoms with E-state index in [0.29, 0.717) is 5.75 Å². The van der Waals surface area contributed by atoms with E-state index in [1.54, 1.807) is 6.21 Å². The fourth-order valence-electron chi connectivity index (χ4n) is 1.83. The van der Waals surface area contributed by atoms with E-state index in [0.717, 1.165) is 12.0 Å². The van der Waals surface area contributed by atoms with Crippen LogP contribution in [0.3, 0.4) is 0 Å². The summed E-state index contributed by atoms with van der Waals surface area (Å²) in [6, 6.07) is 15.6. The Morgan fingerprint density at radius 1 is 1.14 bits per heavy atom. The van der Waals surface area contributed by atoms with Gasteiger partial charge in [0.25, 0.3) is 5.91 Å². The molecular weight excluding hydrogens is 276 g/mol. The van der Waals surface area contributed by atoms with Crippen molar-refractivity contribution in [2.75, 3.05) is 6.61 Å². The average molecular weight is 296 g/mol. The molecule has 0 aromatic heterocycles. The van der Waals surface area contributed by atoms with Crippen LogP contribution in [0.4, 0.5) is 0 Å². The van der Waals surface area contributed by atoms with Crippen LogP contribution in [0.5, 0.6) is 5.75 Å². The fourth-order valence-corrected chi connectivity index (χ4v) is 1.83. The van der Waals surface area contributed by atoms with Crippen LogP contribution in [-0.4, -0.2) is 18.7 Å². The van der Waals surface area contributed by atoms with Crippen molar-refractivity contribution >= 4 is 12.1 Å². The lowest BCUT2D eigenvalue weighted by Crippen LogP contribution is -2.24. The summed E-state index contributed by atoms with van der Waals surface area (Å²) in [5.74, 6) is 0.387. The van der Waals surface area contributed by atoms with Gasteiger partial charge in [0.2, 0.25) is 0 Å². The monoisotopic (exact) mass is 296 g/mol. The van der Waals surface area contributed by atoms with E-state index in [-0.39, 0.29) is 12.5 Å². The van der Waals surface area contributed by atoms with Crippen LogP contribution in [0.1, 0.15) is 23.6 Å². The Morgan fingerprint density at radius 3 is 2.45 bits per heavy atom. The van der Waals surface area contributed by atoms with Crippen LogP contribution >= 0.6 is 0 Å². The third-order valence-electron chi connectivity index (χ3n) is 3.18. The topological polar surface area (TPSA) is 50.7 Å². The molecule has 0 fully saturated rings. The first kappa shape index (κ1) is 15.8. The highest BCUT2D eigenvalue weighted by molar-refractivity contribution is 5.82. The Kier molecular flexibility index (Phi) is 5.72. The first-order valence-corrected chi connectivity index (χ1v) is 7.27. The minimum atomic E-state index is -0.289. The first-order chi connectivity index (χ1) is 10.7. The number of carbonyl (C=O) groups excluding carboxylic acids is 1. The largest absolute Gasteiger partial charge is 0.484 e. The van der Waals surface area contributed by atoms with E-state index in [2.05, 4.69) is 17.5 Å². The molecule has 114 valence electrons. The highest BCUT2D eigenvalue weighted by atomic mass is 16.5. The van der Waals surface area contributed by atoms with Gasteiger partial charge in [0, 0.05) is 0 Å². The second-order valence-corrected chi connectivity index (χ2v) is 4.99. The molecule has 0 unspecified atom stereocenters. The minimum absolute atomic E-state index is 0.0588. The summed E-state index contributed by atoms with van der Waals surface area (Å²) in [6.45, 7) is 4.05. The van der Waals surface area contributed by atoms with Crippen LogP contribution in [0.25, 0.3) is 0 Å². The molecule has 0 aliphatic rings. The lowest BCUT2D eigenvalue weighted by Gasteiger charge is -2.05. The quantitative estimate of drug-likeness (QED) is 0.658. The number of aryl methyl sites for hydroxylation is 2. The zero-order chi connectivity index (χ0) is 15.8. The first-order valence-electron chi connectivity index (χ1n) is 7.27. The molecule has 4 heteroatoms. The third kappa shape index (κ3) is 5.05. The molecule has 0 bridgehead atoms. The number of carbonyl (C=O) groups is 1. The number of hydrazone groups is 1. The van der Waals surface area contributed by atoms with Gasteiger partial charge in [0.05, 0.1) is 6.21 Å². The fraction of sp³-hybridized carbons (Fsp3) is 0.222. The highest BCUT2D eigenvalue weighted by Crippen LogP contribution is 2.12. The molecule has 22 heavy (non-hydrogen) atoms. The van der Waals surface area contributed by atoms with E-state index in [1.807, 2.05) is 55.5 Å². The number of hydrogen-bond acceptors (Lipinski definition) is 3. The number of nitrogens with one attached hydrogen (secondary N) is 1. The van der Waals surface area contributed by atoms with E-state index in [4.69, 9.17) is 4.74 Å². The summed E-state index contributed by atoms with van der Waals surface area (Å²) in [7, 11) is 0. The summed E-state index contributed by atoms with van der Waals surface area (Å²) in [5.41, 5.74) is 5.80. The maximum atomic E-state index is 11.6. The van der Waals surface area contributed by atoms with Crippen molar-refractivity contribution in [2.45, 2.75) is 20.3 Å². The van der Waals surface area contributed by atoms with Gasteiger partial charge in [-0.15, -0.1) is 0 Å². The molecule has 0 spiro atoms. The van der Waals surface area contributed by atoms with Crippen LogP contribution in [0, 0.1) is 6.92 Å². The molecule has 0 radical (unpaired) electrons. The second-order valence-electron chi connectivity index (χ2n) is 4.99. The minimum Gasteiger partial charge on any atom is -0.484 e. The lowest BCUT2D eigenvalue weighted by atomic mass is 10.2. The molecule has 2 rings (SSSR count). The Morgan fingerprint density at radius 2 is 1.82 bits per heavy atom. The number of benzene rings is 2. The van der Waals surface area contributed by atoms with Gasteiger partial charge in [-0.05, 0) is 36.6 Å². The van der Waals surface area contributed by atoms with E-state index < -0.39 is 0 Å². The Balaban J connectivity index is 1.76. The van der Waals surface area contributed by atoms with Crippen molar-refractivity contribution in [3.63, 3.8) is 0 Å². The molecule has 0 heterocycles. The number of amides is 1. The van der Waals surface area contributed by atoms with Crippen molar-refractivity contribution in [2.24, 2.45) is 5.10 Å².